The highest BCUT2D eigenvalue weighted by Gasteiger charge is 2.42. The van der Waals surface area contributed by atoms with Crippen LogP contribution < -0.4 is 15.2 Å². The highest BCUT2D eigenvalue weighted by Crippen LogP contribution is 2.42. The summed E-state index contributed by atoms with van der Waals surface area (Å²) in [6.07, 6.45) is 3.86. The Hall–Kier alpha value is -2.57. The third kappa shape index (κ3) is 3.86. The van der Waals surface area contributed by atoms with Crippen molar-refractivity contribution >= 4 is 28.9 Å². The van der Waals surface area contributed by atoms with Crippen LogP contribution in [0.3, 0.4) is 0 Å². The van der Waals surface area contributed by atoms with Gasteiger partial charge in [-0.1, -0.05) is 49.2 Å². The van der Waals surface area contributed by atoms with E-state index < -0.39 is 0 Å². The Balaban J connectivity index is 1.42. The van der Waals surface area contributed by atoms with Crippen LogP contribution in [0.25, 0.3) is 0 Å². The van der Waals surface area contributed by atoms with E-state index in [9.17, 15) is 4.79 Å². The molecule has 2 aromatic rings. The molecule has 2 unspecified atom stereocenters. The van der Waals surface area contributed by atoms with Crippen LogP contribution in [0.5, 0.6) is 5.75 Å². The summed E-state index contributed by atoms with van der Waals surface area (Å²) in [5.74, 6) is 1.99. The highest BCUT2D eigenvalue weighted by molar-refractivity contribution is 6.40. The lowest BCUT2D eigenvalue weighted by molar-refractivity contribution is -0.119. The number of methoxy groups -OCH3 is 1. The van der Waals surface area contributed by atoms with Crippen molar-refractivity contribution in [2.75, 3.05) is 25.2 Å². The van der Waals surface area contributed by atoms with Gasteiger partial charge in [-0.15, -0.1) is 0 Å². The molecule has 0 radical (unpaired) electrons. The van der Waals surface area contributed by atoms with E-state index in [1.165, 1.54) is 19.3 Å². The Morgan fingerprint density at radius 2 is 1.78 bits per heavy atom. The van der Waals surface area contributed by atoms with Gasteiger partial charge in [-0.05, 0) is 54.5 Å². The largest absolute Gasteiger partial charge is 0.497 e. The predicted octanol–water partition coefficient (Wildman–Crippen LogP) is 4.67. The molecule has 2 aromatic carbocycles. The van der Waals surface area contributed by atoms with Gasteiger partial charge in [0.15, 0.2) is 0 Å². The minimum Gasteiger partial charge on any atom is -0.497 e. The molecule has 4 atom stereocenters. The molecular formula is C25H29ClN4O2. The molecule has 1 amide bonds. The first-order chi connectivity index (χ1) is 15.5. The number of hydrazone groups is 1. The topological polar surface area (TPSA) is 57.2 Å². The summed E-state index contributed by atoms with van der Waals surface area (Å²) in [6, 6.07) is 15.4. The molecule has 5 rings (SSSR count). The van der Waals surface area contributed by atoms with Gasteiger partial charge in [0.2, 0.25) is 0 Å². The number of fused-ring (bicyclic) bond motifs is 1. The van der Waals surface area contributed by atoms with Gasteiger partial charge in [-0.3, -0.25) is 15.2 Å². The zero-order chi connectivity index (χ0) is 22.2. The van der Waals surface area contributed by atoms with E-state index in [1.807, 2.05) is 53.5 Å². The van der Waals surface area contributed by atoms with Crippen LogP contribution in [0.4, 0.5) is 5.69 Å². The number of halogens is 1. The van der Waals surface area contributed by atoms with Crippen molar-refractivity contribution in [3.05, 3.63) is 59.1 Å². The number of nitrogens with zero attached hydrogens (tertiary/aromatic N) is 3. The summed E-state index contributed by atoms with van der Waals surface area (Å²) in [6.45, 7) is 3.94. The first kappa shape index (κ1) is 21.3. The smallest absolute Gasteiger partial charge is 0.282 e. The van der Waals surface area contributed by atoms with E-state index >= 15 is 0 Å². The number of ether oxygens (including phenoxy) is 1. The third-order valence-corrected chi connectivity index (χ3v) is 7.48. The number of hydrogen-bond donors (Lipinski definition) is 1. The van der Waals surface area contributed by atoms with E-state index in [1.54, 1.807) is 7.11 Å². The normalized spacial score (nSPS) is 27.3. The van der Waals surface area contributed by atoms with Gasteiger partial charge in [0, 0.05) is 19.0 Å². The van der Waals surface area contributed by atoms with E-state index in [2.05, 4.69) is 17.4 Å². The SMILES string of the molecule is COc1ccc([C@H]2[C@@H](C)C(C(=O)NN3CC4CCCC4C3)=NN2c2ccccc2Cl)cc1. The zero-order valence-electron chi connectivity index (χ0n) is 18.5. The van der Waals surface area contributed by atoms with Gasteiger partial charge in [0.25, 0.3) is 5.91 Å². The van der Waals surface area contributed by atoms with Crippen molar-refractivity contribution in [3.63, 3.8) is 0 Å². The molecule has 2 aliphatic heterocycles. The standard InChI is InChI=1S/C25H29ClN4O2/c1-16-23(25(31)28-29-14-18-6-5-7-19(18)15-29)27-30(22-9-4-3-8-21(22)26)24(16)17-10-12-20(32-2)13-11-17/h3-4,8-13,16,18-19,24H,5-7,14-15H2,1-2H3,(H,28,31)/t16-,18?,19?,24+/m0/s1. The number of carbonyl (C=O) groups is 1. The number of anilines is 1. The molecule has 32 heavy (non-hydrogen) atoms. The summed E-state index contributed by atoms with van der Waals surface area (Å²) in [5, 5.41) is 9.40. The Labute approximate surface area is 194 Å². The number of hydrogen-bond acceptors (Lipinski definition) is 5. The van der Waals surface area contributed by atoms with Crippen LogP contribution in [-0.4, -0.2) is 36.8 Å². The maximum Gasteiger partial charge on any atom is 0.282 e. The molecule has 0 bridgehead atoms. The summed E-state index contributed by atoms with van der Waals surface area (Å²) < 4.78 is 5.32. The van der Waals surface area contributed by atoms with Crippen molar-refractivity contribution in [1.82, 2.24) is 10.4 Å². The molecule has 0 aromatic heterocycles. The monoisotopic (exact) mass is 452 g/mol. The number of rotatable bonds is 5. The summed E-state index contributed by atoms with van der Waals surface area (Å²) in [5.41, 5.74) is 5.52. The van der Waals surface area contributed by atoms with Crippen LogP contribution in [0.15, 0.2) is 53.6 Å². The lowest BCUT2D eigenvalue weighted by Crippen LogP contribution is -2.45. The molecule has 7 heteroatoms. The first-order valence-electron chi connectivity index (χ1n) is 11.4. The molecule has 2 heterocycles. The number of carbonyl (C=O) groups excluding carboxylic acids is 1. The number of para-hydroxylation sites is 1. The van der Waals surface area contributed by atoms with Crippen molar-refractivity contribution in [3.8, 4) is 5.75 Å². The molecule has 168 valence electrons. The lowest BCUT2D eigenvalue weighted by Gasteiger charge is -2.27. The van der Waals surface area contributed by atoms with E-state index in [0.717, 1.165) is 30.1 Å². The maximum atomic E-state index is 13.3. The number of amides is 1. The Morgan fingerprint density at radius 3 is 2.44 bits per heavy atom. The minimum atomic E-state index is -0.139. The first-order valence-corrected chi connectivity index (χ1v) is 11.7. The highest BCUT2D eigenvalue weighted by atomic mass is 35.5. The summed E-state index contributed by atoms with van der Waals surface area (Å²) in [4.78, 5) is 13.3. The average Bonchev–Trinajstić information content (AvgIpc) is 3.48. The molecule has 1 saturated carbocycles. The van der Waals surface area contributed by atoms with Crippen LogP contribution in [0, 0.1) is 17.8 Å². The maximum absolute atomic E-state index is 13.3. The van der Waals surface area contributed by atoms with Crippen molar-refractivity contribution in [2.24, 2.45) is 22.9 Å². The fourth-order valence-electron chi connectivity index (χ4n) is 5.48. The fraction of sp³-hybridized carbons (Fsp3) is 0.440. The van der Waals surface area contributed by atoms with Crippen molar-refractivity contribution in [1.29, 1.82) is 0 Å². The van der Waals surface area contributed by atoms with E-state index in [4.69, 9.17) is 21.4 Å². The second-order valence-electron chi connectivity index (χ2n) is 9.08. The van der Waals surface area contributed by atoms with Crippen LogP contribution in [0.2, 0.25) is 5.02 Å². The predicted molar refractivity (Wildman–Crippen MR) is 127 cm³/mol. The molecule has 1 saturated heterocycles. The van der Waals surface area contributed by atoms with E-state index in [-0.39, 0.29) is 17.9 Å². The minimum absolute atomic E-state index is 0.109. The Kier molecular flexibility index (Phi) is 5.82. The van der Waals surface area contributed by atoms with Gasteiger partial charge in [-0.25, -0.2) is 5.01 Å². The molecule has 1 aliphatic carbocycles. The number of benzene rings is 2. The fourth-order valence-corrected chi connectivity index (χ4v) is 5.70. The molecule has 3 aliphatic rings. The summed E-state index contributed by atoms with van der Waals surface area (Å²) >= 11 is 6.53. The van der Waals surface area contributed by atoms with Crippen molar-refractivity contribution in [2.45, 2.75) is 32.2 Å². The number of nitrogens with one attached hydrogen (secondary N) is 1. The van der Waals surface area contributed by atoms with Crippen LogP contribution in [0.1, 0.15) is 37.8 Å². The Bertz CT molecular complexity index is 1010. The summed E-state index contributed by atoms with van der Waals surface area (Å²) in [7, 11) is 1.65. The van der Waals surface area contributed by atoms with Crippen LogP contribution in [-0.2, 0) is 4.79 Å². The third-order valence-electron chi connectivity index (χ3n) is 7.16. The zero-order valence-corrected chi connectivity index (χ0v) is 19.3. The second-order valence-corrected chi connectivity index (χ2v) is 9.49. The molecular weight excluding hydrogens is 424 g/mol. The quantitative estimate of drug-likeness (QED) is 0.716. The van der Waals surface area contributed by atoms with Gasteiger partial charge in [-0.2, -0.15) is 5.10 Å². The van der Waals surface area contributed by atoms with Crippen LogP contribution >= 0.6 is 11.6 Å². The Morgan fingerprint density at radius 1 is 1.09 bits per heavy atom. The average molecular weight is 453 g/mol. The van der Waals surface area contributed by atoms with Crippen molar-refractivity contribution < 1.29 is 9.53 Å². The molecule has 0 spiro atoms. The van der Waals surface area contributed by atoms with Gasteiger partial charge in [0.1, 0.15) is 11.5 Å². The number of hydrazine groups is 1. The van der Waals surface area contributed by atoms with Gasteiger partial charge < -0.3 is 4.74 Å². The molecule has 2 fully saturated rings. The lowest BCUT2D eigenvalue weighted by atomic mass is 9.91. The molecule has 6 nitrogen and oxygen atoms in total. The second kappa shape index (κ2) is 8.75. The van der Waals surface area contributed by atoms with E-state index in [0.29, 0.717) is 22.6 Å². The van der Waals surface area contributed by atoms with Gasteiger partial charge >= 0.3 is 0 Å². The van der Waals surface area contributed by atoms with Gasteiger partial charge in [0.05, 0.1) is 23.9 Å². The molecule has 1 N–H and O–H groups in total.